The van der Waals surface area contributed by atoms with E-state index in [1.807, 2.05) is 13.8 Å². The second kappa shape index (κ2) is 8.83. The summed E-state index contributed by atoms with van der Waals surface area (Å²) in [7, 11) is 1.33. The standard InChI is InChI=1S/C19H30N2O4/c1-8-21-14(5)17(13(4)18(21)19(24)25-7)16(23)11-20(15(6)22)10-9-12(2)3/h12H,8-11H2,1-7H3. The maximum Gasteiger partial charge on any atom is 0.354 e. The van der Waals surface area contributed by atoms with Crippen LogP contribution in [0, 0.1) is 19.8 Å². The van der Waals surface area contributed by atoms with E-state index < -0.39 is 5.97 Å². The largest absolute Gasteiger partial charge is 0.464 e. The van der Waals surface area contributed by atoms with Crippen LogP contribution < -0.4 is 0 Å². The molecule has 140 valence electrons. The minimum atomic E-state index is -0.454. The fourth-order valence-electron chi connectivity index (χ4n) is 3.08. The van der Waals surface area contributed by atoms with Crippen LogP contribution in [0.4, 0.5) is 0 Å². The van der Waals surface area contributed by atoms with Crippen LogP contribution in [0.25, 0.3) is 0 Å². The number of amides is 1. The second-order valence-corrected chi connectivity index (χ2v) is 6.72. The van der Waals surface area contributed by atoms with E-state index in [0.29, 0.717) is 35.8 Å². The number of nitrogens with zero attached hydrogens (tertiary/aromatic N) is 2. The highest BCUT2D eigenvalue weighted by molar-refractivity contribution is 6.04. The number of carbonyl (C=O) groups is 3. The molecule has 1 amide bonds. The molecule has 1 aromatic heterocycles. The van der Waals surface area contributed by atoms with E-state index in [2.05, 4.69) is 13.8 Å². The van der Waals surface area contributed by atoms with Crippen molar-refractivity contribution in [3.8, 4) is 0 Å². The third kappa shape index (κ3) is 4.71. The number of rotatable bonds is 8. The number of ether oxygens (including phenoxy) is 1. The lowest BCUT2D eigenvalue weighted by Gasteiger charge is -2.21. The van der Waals surface area contributed by atoms with Gasteiger partial charge in [0.25, 0.3) is 0 Å². The van der Waals surface area contributed by atoms with Crippen molar-refractivity contribution < 1.29 is 19.1 Å². The summed E-state index contributed by atoms with van der Waals surface area (Å²) >= 11 is 0. The van der Waals surface area contributed by atoms with Crippen LogP contribution in [0.15, 0.2) is 0 Å². The molecule has 1 heterocycles. The molecule has 0 saturated heterocycles. The molecule has 0 spiro atoms. The van der Waals surface area contributed by atoms with Gasteiger partial charge >= 0.3 is 5.97 Å². The Kier molecular flexibility index (Phi) is 7.39. The van der Waals surface area contributed by atoms with Crippen LogP contribution in [0.5, 0.6) is 0 Å². The summed E-state index contributed by atoms with van der Waals surface area (Å²) in [6.07, 6.45) is 0.841. The number of Topliss-reactive ketones (excluding diaryl/α,β-unsaturated/α-hetero) is 1. The molecule has 1 aromatic rings. The fourth-order valence-corrected chi connectivity index (χ4v) is 3.08. The van der Waals surface area contributed by atoms with E-state index in [9.17, 15) is 14.4 Å². The minimum absolute atomic E-state index is 0.0259. The van der Waals surface area contributed by atoms with Gasteiger partial charge in [0.1, 0.15) is 5.69 Å². The molecule has 0 saturated carbocycles. The molecule has 0 N–H and O–H groups in total. The third-order valence-electron chi connectivity index (χ3n) is 4.50. The highest BCUT2D eigenvalue weighted by atomic mass is 16.5. The summed E-state index contributed by atoms with van der Waals surface area (Å²) in [6, 6.07) is 0. The normalized spacial score (nSPS) is 10.9. The molecule has 0 radical (unpaired) electrons. The zero-order valence-electron chi connectivity index (χ0n) is 16.4. The van der Waals surface area contributed by atoms with Crippen molar-refractivity contribution >= 4 is 17.7 Å². The van der Waals surface area contributed by atoms with Crippen molar-refractivity contribution in [2.75, 3.05) is 20.2 Å². The lowest BCUT2D eigenvalue weighted by molar-refractivity contribution is -0.128. The Morgan fingerprint density at radius 2 is 1.80 bits per heavy atom. The van der Waals surface area contributed by atoms with E-state index in [1.54, 1.807) is 16.4 Å². The Hall–Kier alpha value is -2.11. The molecule has 6 heteroatoms. The Labute approximate surface area is 150 Å². The molecular formula is C19H30N2O4. The van der Waals surface area contributed by atoms with Gasteiger partial charge < -0.3 is 14.2 Å². The lowest BCUT2D eigenvalue weighted by Crippen LogP contribution is -2.35. The van der Waals surface area contributed by atoms with Crippen molar-refractivity contribution in [2.45, 2.75) is 54.5 Å². The Bertz CT molecular complexity index is 659. The molecule has 0 aliphatic carbocycles. The lowest BCUT2D eigenvalue weighted by atomic mass is 10.0. The summed E-state index contributed by atoms with van der Waals surface area (Å²) in [6.45, 7) is 12.3. The van der Waals surface area contributed by atoms with Gasteiger partial charge in [-0.3, -0.25) is 9.59 Å². The number of ketones is 1. The predicted octanol–water partition coefficient (Wildman–Crippen LogP) is 2.99. The van der Waals surface area contributed by atoms with Gasteiger partial charge in [-0.25, -0.2) is 4.79 Å². The minimum Gasteiger partial charge on any atom is -0.464 e. The van der Waals surface area contributed by atoms with Crippen molar-refractivity contribution in [2.24, 2.45) is 5.92 Å². The van der Waals surface area contributed by atoms with Gasteiger partial charge in [-0.2, -0.15) is 0 Å². The smallest absolute Gasteiger partial charge is 0.354 e. The van der Waals surface area contributed by atoms with E-state index in [1.165, 1.54) is 14.0 Å². The first-order valence-corrected chi connectivity index (χ1v) is 8.72. The van der Waals surface area contributed by atoms with Gasteiger partial charge in [0.15, 0.2) is 5.78 Å². The van der Waals surface area contributed by atoms with Crippen molar-refractivity contribution in [3.63, 3.8) is 0 Å². The number of carbonyl (C=O) groups excluding carboxylic acids is 3. The first-order chi connectivity index (χ1) is 11.6. The monoisotopic (exact) mass is 350 g/mol. The van der Waals surface area contributed by atoms with Gasteiger partial charge in [0, 0.05) is 31.3 Å². The number of hydrogen-bond donors (Lipinski definition) is 0. The Morgan fingerprint density at radius 3 is 2.24 bits per heavy atom. The van der Waals surface area contributed by atoms with E-state index in [4.69, 9.17) is 4.74 Å². The molecule has 0 atom stereocenters. The summed E-state index contributed by atoms with van der Waals surface area (Å²) in [4.78, 5) is 38.4. The number of hydrogen-bond acceptors (Lipinski definition) is 4. The molecule has 0 unspecified atom stereocenters. The fraction of sp³-hybridized carbons (Fsp3) is 0.632. The molecule has 0 aliphatic rings. The van der Waals surface area contributed by atoms with Crippen LogP contribution in [-0.4, -0.2) is 47.3 Å². The second-order valence-electron chi connectivity index (χ2n) is 6.72. The average Bonchev–Trinajstić information content (AvgIpc) is 2.80. The van der Waals surface area contributed by atoms with E-state index >= 15 is 0 Å². The number of esters is 1. The maximum absolute atomic E-state index is 12.9. The highest BCUT2D eigenvalue weighted by Gasteiger charge is 2.27. The molecule has 0 aromatic carbocycles. The predicted molar refractivity (Wildman–Crippen MR) is 97.0 cm³/mol. The summed E-state index contributed by atoms with van der Waals surface area (Å²) in [5.41, 5.74) is 2.27. The topological polar surface area (TPSA) is 68.6 Å². The van der Waals surface area contributed by atoms with Crippen LogP contribution in [-0.2, 0) is 16.1 Å². The average molecular weight is 350 g/mol. The van der Waals surface area contributed by atoms with Gasteiger partial charge in [-0.05, 0) is 38.7 Å². The van der Waals surface area contributed by atoms with Gasteiger partial charge in [-0.15, -0.1) is 0 Å². The van der Waals surface area contributed by atoms with Crippen LogP contribution >= 0.6 is 0 Å². The van der Waals surface area contributed by atoms with Gasteiger partial charge in [0.2, 0.25) is 5.91 Å². The molecule has 0 bridgehead atoms. The number of aromatic nitrogens is 1. The molecule has 1 rings (SSSR count). The molecule has 6 nitrogen and oxygen atoms in total. The summed E-state index contributed by atoms with van der Waals surface area (Å²) < 4.78 is 6.65. The summed E-state index contributed by atoms with van der Waals surface area (Å²) in [5, 5.41) is 0. The van der Waals surface area contributed by atoms with E-state index in [0.717, 1.165) is 12.1 Å². The highest BCUT2D eigenvalue weighted by Crippen LogP contribution is 2.24. The Morgan fingerprint density at radius 1 is 1.20 bits per heavy atom. The van der Waals surface area contributed by atoms with Crippen molar-refractivity contribution in [3.05, 3.63) is 22.5 Å². The SMILES string of the molecule is CCn1c(C)c(C(=O)CN(CCC(C)C)C(C)=O)c(C)c1C(=O)OC. The van der Waals surface area contributed by atoms with E-state index in [-0.39, 0.29) is 18.2 Å². The van der Waals surface area contributed by atoms with Crippen LogP contribution in [0.2, 0.25) is 0 Å². The molecular weight excluding hydrogens is 320 g/mol. The first-order valence-electron chi connectivity index (χ1n) is 8.72. The van der Waals surface area contributed by atoms with Crippen LogP contribution in [0.1, 0.15) is 66.2 Å². The maximum atomic E-state index is 12.9. The van der Waals surface area contributed by atoms with Gasteiger partial charge in [0.05, 0.1) is 13.7 Å². The zero-order chi connectivity index (χ0) is 19.3. The zero-order valence-corrected chi connectivity index (χ0v) is 16.4. The first kappa shape index (κ1) is 20.9. The molecule has 0 aliphatic heterocycles. The quantitative estimate of drug-likeness (QED) is 0.534. The Balaban J connectivity index is 3.18. The van der Waals surface area contributed by atoms with Crippen molar-refractivity contribution in [1.82, 2.24) is 9.47 Å². The van der Waals surface area contributed by atoms with Gasteiger partial charge in [-0.1, -0.05) is 13.8 Å². The third-order valence-corrected chi connectivity index (χ3v) is 4.50. The summed E-state index contributed by atoms with van der Waals surface area (Å²) in [5.74, 6) is -0.268. The number of methoxy groups -OCH3 is 1. The molecule has 0 fully saturated rings. The van der Waals surface area contributed by atoms with Crippen molar-refractivity contribution in [1.29, 1.82) is 0 Å². The van der Waals surface area contributed by atoms with Crippen LogP contribution in [0.3, 0.4) is 0 Å². The molecule has 25 heavy (non-hydrogen) atoms.